The number of hydrogen-bond donors (Lipinski definition) is 0. The Kier molecular flexibility index (Phi) is 7.89. The van der Waals surface area contributed by atoms with Crippen LogP contribution in [0, 0.1) is 0 Å². The van der Waals surface area contributed by atoms with Crippen molar-refractivity contribution in [2.24, 2.45) is 0 Å². The zero-order valence-electron chi connectivity index (χ0n) is 18.7. The first-order valence-electron chi connectivity index (χ1n) is 10.2. The van der Waals surface area contributed by atoms with Crippen molar-refractivity contribution in [2.45, 2.75) is 19.4 Å². The molecule has 174 valence electrons. The van der Waals surface area contributed by atoms with E-state index in [1.54, 1.807) is 0 Å². The number of aromatic nitrogens is 1. The second-order valence-corrected chi connectivity index (χ2v) is 9.05. The summed E-state index contributed by atoms with van der Waals surface area (Å²) >= 11 is 0. The molecule has 0 N–H and O–H groups in total. The quantitative estimate of drug-likeness (QED) is 0.447. The topological polar surface area (TPSA) is 95.0 Å². The van der Waals surface area contributed by atoms with Gasteiger partial charge in [-0.1, -0.05) is 42.5 Å². The average molecular weight is 471 g/mol. The first-order chi connectivity index (χ1) is 15.8. The van der Waals surface area contributed by atoms with Gasteiger partial charge in [-0.15, -0.1) is 0 Å². The SMILES string of the molecule is COc1ccc(N(C(=O)CCc2ccc(OCc3ccccc3)cc2)S(C)(=O)=O)c(OC)n1. The Bertz CT molecular complexity index is 1180. The minimum Gasteiger partial charge on any atom is -0.489 e. The molecule has 3 aromatic rings. The Morgan fingerprint density at radius 1 is 0.909 bits per heavy atom. The van der Waals surface area contributed by atoms with Crippen molar-refractivity contribution in [2.75, 3.05) is 24.8 Å². The third-order valence-electron chi connectivity index (χ3n) is 4.79. The van der Waals surface area contributed by atoms with Crippen LogP contribution in [0.4, 0.5) is 5.69 Å². The molecule has 0 spiro atoms. The third kappa shape index (κ3) is 6.45. The summed E-state index contributed by atoms with van der Waals surface area (Å²) in [6, 6.07) is 20.1. The van der Waals surface area contributed by atoms with E-state index in [-0.39, 0.29) is 23.9 Å². The zero-order chi connectivity index (χ0) is 23.8. The summed E-state index contributed by atoms with van der Waals surface area (Å²) in [5, 5.41) is 0. The lowest BCUT2D eigenvalue weighted by Gasteiger charge is -2.22. The molecule has 2 aromatic carbocycles. The summed E-state index contributed by atoms with van der Waals surface area (Å²) in [5.74, 6) is 0.340. The molecule has 0 aliphatic heterocycles. The van der Waals surface area contributed by atoms with Gasteiger partial charge in [-0.05, 0) is 35.7 Å². The van der Waals surface area contributed by atoms with E-state index in [9.17, 15) is 13.2 Å². The predicted octanol–water partition coefficient (Wildman–Crippen LogP) is 3.60. The fraction of sp³-hybridized carbons (Fsp3) is 0.250. The van der Waals surface area contributed by atoms with E-state index in [0.29, 0.717) is 18.8 Å². The highest BCUT2D eigenvalue weighted by Crippen LogP contribution is 2.31. The number of nitrogens with zero attached hydrogens (tertiary/aromatic N) is 2. The molecule has 0 fully saturated rings. The van der Waals surface area contributed by atoms with Crippen LogP contribution in [0.5, 0.6) is 17.5 Å². The number of methoxy groups -OCH3 is 2. The molecule has 0 saturated heterocycles. The second-order valence-electron chi connectivity index (χ2n) is 7.22. The van der Waals surface area contributed by atoms with Crippen LogP contribution in [0.1, 0.15) is 17.5 Å². The monoisotopic (exact) mass is 470 g/mol. The maximum atomic E-state index is 12.9. The third-order valence-corrected chi connectivity index (χ3v) is 5.86. The molecule has 33 heavy (non-hydrogen) atoms. The van der Waals surface area contributed by atoms with E-state index in [1.807, 2.05) is 54.6 Å². The maximum Gasteiger partial charge on any atom is 0.242 e. The molecule has 8 nitrogen and oxygen atoms in total. The first kappa shape index (κ1) is 24.1. The van der Waals surface area contributed by atoms with Crippen LogP contribution in [0.25, 0.3) is 0 Å². The van der Waals surface area contributed by atoms with Gasteiger partial charge in [0.1, 0.15) is 18.0 Å². The number of pyridine rings is 1. The normalized spacial score (nSPS) is 11.0. The van der Waals surface area contributed by atoms with Crippen molar-refractivity contribution in [3.05, 3.63) is 77.9 Å². The Morgan fingerprint density at radius 3 is 2.21 bits per heavy atom. The summed E-state index contributed by atoms with van der Waals surface area (Å²) in [4.78, 5) is 17.0. The van der Waals surface area contributed by atoms with Gasteiger partial charge >= 0.3 is 0 Å². The number of hydrogen-bond acceptors (Lipinski definition) is 7. The van der Waals surface area contributed by atoms with E-state index in [4.69, 9.17) is 14.2 Å². The van der Waals surface area contributed by atoms with Gasteiger partial charge in [0.15, 0.2) is 0 Å². The molecular weight excluding hydrogens is 444 g/mol. The highest BCUT2D eigenvalue weighted by Gasteiger charge is 2.29. The molecule has 1 heterocycles. The molecular formula is C24H26N2O6S. The van der Waals surface area contributed by atoms with E-state index >= 15 is 0 Å². The Hall–Kier alpha value is -3.59. The number of carbonyl (C=O) groups is 1. The Balaban J connectivity index is 1.67. The van der Waals surface area contributed by atoms with E-state index in [0.717, 1.165) is 21.7 Å². The van der Waals surface area contributed by atoms with Gasteiger partial charge in [0.05, 0.1) is 20.5 Å². The van der Waals surface area contributed by atoms with Crippen LogP contribution in [0.3, 0.4) is 0 Å². The van der Waals surface area contributed by atoms with Crippen LogP contribution in [-0.4, -0.2) is 39.8 Å². The number of ether oxygens (including phenoxy) is 3. The van der Waals surface area contributed by atoms with Crippen molar-refractivity contribution in [3.8, 4) is 17.5 Å². The van der Waals surface area contributed by atoms with Crippen LogP contribution < -0.4 is 18.5 Å². The summed E-state index contributed by atoms with van der Waals surface area (Å²) < 4.78 is 41.5. The van der Waals surface area contributed by atoms with Gasteiger partial charge < -0.3 is 14.2 Å². The lowest BCUT2D eigenvalue weighted by Crippen LogP contribution is -2.36. The molecule has 0 unspecified atom stereocenters. The van der Waals surface area contributed by atoms with Gasteiger partial charge in [-0.2, -0.15) is 4.98 Å². The van der Waals surface area contributed by atoms with Crippen LogP contribution in [-0.2, 0) is 27.8 Å². The predicted molar refractivity (Wildman–Crippen MR) is 125 cm³/mol. The molecule has 0 aliphatic carbocycles. The number of anilines is 1. The standard InChI is InChI=1S/C24H26N2O6S/c1-30-22-15-14-21(24(25-22)31-2)26(33(3,28)29)23(27)16-11-18-9-12-20(13-10-18)32-17-19-7-5-4-6-8-19/h4-10,12-15H,11,16-17H2,1-3H3. The summed E-state index contributed by atoms with van der Waals surface area (Å²) in [6.07, 6.45) is 1.30. The van der Waals surface area contributed by atoms with Crippen molar-refractivity contribution in [3.63, 3.8) is 0 Å². The van der Waals surface area contributed by atoms with Crippen LogP contribution >= 0.6 is 0 Å². The minimum absolute atomic E-state index is 0.0203. The molecule has 0 aliphatic rings. The minimum atomic E-state index is -3.91. The van der Waals surface area contributed by atoms with E-state index in [1.165, 1.54) is 26.4 Å². The van der Waals surface area contributed by atoms with Crippen LogP contribution in [0.2, 0.25) is 0 Å². The lowest BCUT2D eigenvalue weighted by molar-refractivity contribution is -0.117. The van der Waals surface area contributed by atoms with Crippen molar-refractivity contribution in [1.82, 2.24) is 4.98 Å². The summed E-state index contributed by atoms with van der Waals surface area (Å²) in [6.45, 7) is 0.458. The number of aryl methyl sites for hydroxylation is 1. The Morgan fingerprint density at radius 2 is 1.61 bits per heavy atom. The zero-order valence-corrected chi connectivity index (χ0v) is 19.5. The number of rotatable bonds is 10. The number of benzene rings is 2. The molecule has 0 bridgehead atoms. The van der Waals surface area contributed by atoms with Gasteiger partial charge in [-0.3, -0.25) is 4.79 Å². The van der Waals surface area contributed by atoms with Crippen molar-refractivity contribution in [1.29, 1.82) is 0 Å². The average Bonchev–Trinajstić information content (AvgIpc) is 2.82. The molecule has 0 radical (unpaired) electrons. The van der Waals surface area contributed by atoms with Crippen molar-refractivity contribution >= 4 is 21.6 Å². The highest BCUT2D eigenvalue weighted by molar-refractivity contribution is 7.92. The molecule has 3 rings (SSSR count). The molecule has 0 atom stereocenters. The smallest absolute Gasteiger partial charge is 0.242 e. The summed E-state index contributed by atoms with van der Waals surface area (Å²) in [7, 11) is -1.14. The molecule has 1 aromatic heterocycles. The number of sulfonamides is 1. The van der Waals surface area contributed by atoms with Gasteiger partial charge in [-0.25, -0.2) is 12.7 Å². The van der Waals surface area contributed by atoms with Gasteiger partial charge in [0.25, 0.3) is 0 Å². The largest absolute Gasteiger partial charge is 0.489 e. The second kappa shape index (κ2) is 10.8. The number of carbonyl (C=O) groups excluding carboxylic acids is 1. The molecule has 9 heteroatoms. The maximum absolute atomic E-state index is 12.9. The molecule has 1 amide bonds. The lowest BCUT2D eigenvalue weighted by atomic mass is 10.1. The first-order valence-corrected chi connectivity index (χ1v) is 12.0. The van der Waals surface area contributed by atoms with Gasteiger partial charge in [0.2, 0.25) is 27.7 Å². The van der Waals surface area contributed by atoms with Gasteiger partial charge in [0, 0.05) is 12.5 Å². The summed E-state index contributed by atoms with van der Waals surface area (Å²) in [5.41, 5.74) is 1.98. The highest BCUT2D eigenvalue weighted by atomic mass is 32.2. The van der Waals surface area contributed by atoms with Crippen LogP contribution in [0.15, 0.2) is 66.7 Å². The van der Waals surface area contributed by atoms with E-state index < -0.39 is 15.9 Å². The van der Waals surface area contributed by atoms with E-state index in [2.05, 4.69) is 4.98 Å². The fourth-order valence-electron chi connectivity index (χ4n) is 3.18. The van der Waals surface area contributed by atoms with Crippen molar-refractivity contribution < 1.29 is 27.4 Å². The Labute approximate surface area is 193 Å². The fourth-order valence-corrected chi connectivity index (χ4v) is 4.14. The number of amides is 1. The molecule has 0 saturated carbocycles.